The van der Waals surface area contributed by atoms with Crippen LogP contribution in [0.2, 0.25) is 0 Å². The van der Waals surface area contributed by atoms with Crippen LogP contribution in [-0.2, 0) is 11.3 Å². The molecule has 0 saturated carbocycles. The molecule has 2 aromatic heterocycles. The standard InChI is InChI=1S/C20H18N4O2/c1-13(20(25)21-11-14-7-3-2-4-8-14)24-19-18-17(22-12-23-19)15-9-5-6-10-16(15)26-18/h2-10,12-13H,11H2,1H3,(H,21,25)(H,22,23,24). The number of fused-ring (bicyclic) bond motifs is 3. The first kappa shape index (κ1) is 16.1. The van der Waals surface area contributed by atoms with Gasteiger partial charge in [0, 0.05) is 11.9 Å². The van der Waals surface area contributed by atoms with E-state index in [1.807, 2.05) is 54.6 Å². The average Bonchev–Trinajstić information content (AvgIpc) is 3.07. The molecule has 130 valence electrons. The molecule has 4 aromatic rings. The maximum absolute atomic E-state index is 12.4. The van der Waals surface area contributed by atoms with Crippen LogP contribution in [0.25, 0.3) is 22.1 Å². The van der Waals surface area contributed by atoms with Crippen LogP contribution < -0.4 is 10.6 Å². The second-order valence-electron chi connectivity index (χ2n) is 6.07. The zero-order valence-corrected chi connectivity index (χ0v) is 14.3. The van der Waals surface area contributed by atoms with Gasteiger partial charge in [0.05, 0.1) is 0 Å². The molecule has 0 aliphatic carbocycles. The van der Waals surface area contributed by atoms with Crippen molar-refractivity contribution >= 4 is 33.8 Å². The van der Waals surface area contributed by atoms with Gasteiger partial charge >= 0.3 is 0 Å². The van der Waals surface area contributed by atoms with Gasteiger partial charge in [0.2, 0.25) is 5.91 Å². The van der Waals surface area contributed by atoms with Gasteiger partial charge in [-0.3, -0.25) is 4.79 Å². The Morgan fingerprint density at radius 1 is 1.08 bits per heavy atom. The summed E-state index contributed by atoms with van der Waals surface area (Å²) in [6.07, 6.45) is 1.47. The molecule has 0 fully saturated rings. The van der Waals surface area contributed by atoms with Gasteiger partial charge in [-0.2, -0.15) is 0 Å². The minimum atomic E-state index is -0.468. The number of rotatable bonds is 5. The number of furan rings is 1. The number of anilines is 1. The van der Waals surface area contributed by atoms with Crippen molar-refractivity contribution in [2.75, 3.05) is 5.32 Å². The van der Waals surface area contributed by atoms with Crippen molar-refractivity contribution in [1.82, 2.24) is 15.3 Å². The van der Waals surface area contributed by atoms with Crippen LogP contribution >= 0.6 is 0 Å². The lowest BCUT2D eigenvalue weighted by Gasteiger charge is -2.14. The maximum atomic E-state index is 12.4. The molecule has 0 radical (unpaired) electrons. The summed E-state index contributed by atoms with van der Waals surface area (Å²) < 4.78 is 5.87. The van der Waals surface area contributed by atoms with Crippen LogP contribution in [0, 0.1) is 0 Å². The highest BCUT2D eigenvalue weighted by Gasteiger charge is 2.17. The molecule has 0 aliphatic heterocycles. The third-order valence-corrected chi connectivity index (χ3v) is 4.21. The molecule has 0 bridgehead atoms. The Balaban J connectivity index is 1.52. The molecule has 0 aliphatic rings. The molecule has 1 atom stereocenters. The highest BCUT2D eigenvalue weighted by atomic mass is 16.3. The monoisotopic (exact) mass is 346 g/mol. The van der Waals surface area contributed by atoms with Crippen LogP contribution in [0.5, 0.6) is 0 Å². The highest BCUT2D eigenvalue weighted by molar-refractivity contribution is 6.05. The number of hydrogen-bond donors (Lipinski definition) is 2. The number of amides is 1. The summed E-state index contributed by atoms with van der Waals surface area (Å²) in [4.78, 5) is 20.9. The second kappa shape index (κ2) is 6.84. The SMILES string of the molecule is CC(Nc1ncnc2c1oc1ccccc12)C(=O)NCc1ccccc1. The molecule has 1 amide bonds. The summed E-state index contributed by atoms with van der Waals surface area (Å²) in [5, 5.41) is 6.97. The Morgan fingerprint density at radius 2 is 1.85 bits per heavy atom. The number of benzene rings is 2. The highest BCUT2D eigenvalue weighted by Crippen LogP contribution is 2.30. The Hall–Kier alpha value is -3.41. The Bertz CT molecular complexity index is 1060. The van der Waals surface area contributed by atoms with E-state index in [1.54, 1.807) is 6.92 Å². The first-order valence-corrected chi connectivity index (χ1v) is 8.43. The van der Waals surface area contributed by atoms with E-state index in [2.05, 4.69) is 20.6 Å². The van der Waals surface area contributed by atoms with Gasteiger partial charge in [0.15, 0.2) is 11.4 Å². The van der Waals surface area contributed by atoms with Gasteiger partial charge < -0.3 is 15.1 Å². The third-order valence-electron chi connectivity index (χ3n) is 4.21. The summed E-state index contributed by atoms with van der Waals surface area (Å²) in [5.74, 6) is 0.394. The number of para-hydroxylation sites is 1. The third kappa shape index (κ3) is 3.09. The van der Waals surface area contributed by atoms with E-state index in [-0.39, 0.29) is 5.91 Å². The fourth-order valence-corrected chi connectivity index (χ4v) is 2.84. The van der Waals surface area contributed by atoms with Crippen LogP contribution in [0.1, 0.15) is 12.5 Å². The van der Waals surface area contributed by atoms with E-state index in [0.29, 0.717) is 17.9 Å². The van der Waals surface area contributed by atoms with Crippen LogP contribution in [0.3, 0.4) is 0 Å². The van der Waals surface area contributed by atoms with Gasteiger partial charge in [-0.15, -0.1) is 0 Å². The molecular weight excluding hydrogens is 328 g/mol. The van der Waals surface area contributed by atoms with Crippen LogP contribution in [0.15, 0.2) is 65.3 Å². The van der Waals surface area contributed by atoms with Gasteiger partial charge in [-0.1, -0.05) is 42.5 Å². The number of hydrogen-bond acceptors (Lipinski definition) is 5. The second-order valence-corrected chi connectivity index (χ2v) is 6.07. The predicted molar refractivity (Wildman–Crippen MR) is 101 cm³/mol. The molecule has 0 saturated heterocycles. The molecular formula is C20H18N4O2. The Kier molecular flexibility index (Phi) is 4.23. The minimum Gasteiger partial charge on any atom is -0.450 e. The van der Waals surface area contributed by atoms with Crippen molar-refractivity contribution in [2.24, 2.45) is 0 Å². The zero-order valence-electron chi connectivity index (χ0n) is 14.3. The smallest absolute Gasteiger partial charge is 0.242 e. The van der Waals surface area contributed by atoms with E-state index in [1.165, 1.54) is 6.33 Å². The molecule has 2 N–H and O–H groups in total. The average molecular weight is 346 g/mol. The first-order valence-electron chi connectivity index (χ1n) is 8.43. The van der Waals surface area contributed by atoms with Crippen LogP contribution in [0.4, 0.5) is 5.82 Å². The molecule has 6 nitrogen and oxygen atoms in total. The summed E-state index contributed by atoms with van der Waals surface area (Å²) in [6, 6.07) is 17.0. The maximum Gasteiger partial charge on any atom is 0.242 e. The van der Waals surface area contributed by atoms with E-state index >= 15 is 0 Å². The largest absolute Gasteiger partial charge is 0.450 e. The zero-order chi connectivity index (χ0) is 17.9. The van der Waals surface area contributed by atoms with E-state index < -0.39 is 6.04 Å². The number of nitrogens with zero attached hydrogens (tertiary/aromatic N) is 2. The van der Waals surface area contributed by atoms with Crippen molar-refractivity contribution in [3.05, 3.63) is 66.5 Å². The van der Waals surface area contributed by atoms with E-state index in [0.717, 1.165) is 22.0 Å². The molecule has 26 heavy (non-hydrogen) atoms. The number of nitrogens with one attached hydrogen (secondary N) is 2. The van der Waals surface area contributed by atoms with Gasteiger partial charge in [-0.05, 0) is 24.6 Å². The summed E-state index contributed by atoms with van der Waals surface area (Å²) in [5.41, 5.74) is 3.08. The molecule has 6 heteroatoms. The van der Waals surface area contributed by atoms with Gasteiger partial charge in [-0.25, -0.2) is 9.97 Å². The lowest BCUT2D eigenvalue weighted by molar-refractivity contribution is -0.121. The van der Waals surface area contributed by atoms with Crippen molar-refractivity contribution in [3.8, 4) is 0 Å². The van der Waals surface area contributed by atoms with Crippen molar-refractivity contribution in [3.63, 3.8) is 0 Å². The van der Waals surface area contributed by atoms with Crippen LogP contribution in [-0.4, -0.2) is 21.9 Å². The normalized spacial score (nSPS) is 12.2. The van der Waals surface area contributed by atoms with Gasteiger partial charge in [0.1, 0.15) is 23.5 Å². The van der Waals surface area contributed by atoms with Crippen molar-refractivity contribution in [1.29, 1.82) is 0 Å². The molecule has 4 rings (SSSR count). The quantitative estimate of drug-likeness (QED) is 0.578. The van der Waals surface area contributed by atoms with Crippen molar-refractivity contribution < 1.29 is 9.21 Å². The molecule has 0 spiro atoms. The number of aromatic nitrogens is 2. The fraction of sp³-hybridized carbons (Fsp3) is 0.150. The molecule has 1 unspecified atom stereocenters. The Morgan fingerprint density at radius 3 is 2.69 bits per heavy atom. The lowest BCUT2D eigenvalue weighted by atomic mass is 10.2. The van der Waals surface area contributed by atoms with Crippen molar-refractivity contribution in [2.45, 2.75) is 19.5 Å². The lowest BCUT2D eigenvalue weighted by Crippen LogP contribution is -2.37. The minimum absolute atomic E-state index is 0.114. The molecule has 2 aromatic carbocycles. The van der Waals surface area contributed by atoms with E-state index in [4.69, 9.17) is 4.42 Å². The molecule has 2 heterocycles. The predicted octanol–water partition coefficient (Wildman–Crippen LogP) is 3.49. The topological polar surface area (TPSA) is 80.1 Å². The summed E-state index contributed by atoms with van der Waals surface area (Å²) >= 11 is 0. The number of carbonyl (C=O) groups excluding carboxylic acids is 1. The number of carbonyl (C=O) groups is 1. The summed E-state index contributed by atoms with van der Waals surface area (Å²) in [7, 11) is 0. The summed E-state index contributed by atoms with van der Waals surface area (Å²) in [6.45, 7) is 2.27. The van der Waals surface area contributed by atoms with E-state index in [9.17, 15) is 4.79 Å². The Labute approximate surface area is 150 Å². The fourth-order valence-electron chi connectivity index (χ4n) is 2.84. The van der Waals surface area contributed by atoms with Gasteiger partial charge in [0.25, 0.3) is 0 Å². The first-order chi connectivity index (χ1) is 12.7.